The van der Waals surface area contributed by atoms with E-state index in [2.05, 4.69) is 104 Å². The van der Waals surface area contributed by atoms with Crippen molar-refractivity contribution in [3.8, 4) is 26.7 Å². The van der Waals surface area contributed by atoms with E-state index >= 15 is 0 Å². The number of rotatable bonds is 3. The molecule has 6 rings (SSSR count). The van der Waals surface area contributed by atoms with E-state index in [0.29, 0.717) is 5.71 Å². The lowest BCUT2D eigenvalue weighted by molar-refractivity contribution is -0.584. The van der Waals surface area contributed by atoms with Crippen LogP contribution in [-0.4, -0.2) is 4.98 Å². The highest BCUT2D eigenvalue weighted by Crippen LogP contribution is 2.40. The fourth-order valence-corrected chi connectivity index (χ4v) is 6.38. The molecule has 0 N–H and O–H groups in total. The van der Waals surface area contributed by atoms with Crippen LogP contribution in [0.4, 0.5) is 0 Å². The Balaban J connectivity index is 1.76. The van der Waals surface area contributed by atoms with Crippen LogP contribution in [0.25, 0.3) is 48.8 Å². The number of furan rings is 1. The third-order valence-corrected chi connectivity index (χ3v) is 7.93. The second-order valence-corrected chi connectivity index (χ2v) is 9.85. The van der Waals surface area contributed by atoms with Crippen LogP contribution < -0.4 is 4.57 Å². The van der Waals surface area contributed by atoms with E-state index in [9.17, 15) is 0 Å². The van der Waals surface area contributed by atoms with Crippen LogP contribution >= 0.6 is 11.3 Å². The summed E-state index contributed by atoms with van der Waals surface area (Å²) < 4.78 is 8.82. The number of fused-ring (bicyclic) bond motifs is 3. The molecule has 3 heterocycles. The highest BCUT2D eigenvalue weighted by Gasteiger charge is 2.33. The summed E-state index contributed by atoms with van der Waals surface area (Å²) in [6.07, 6.45) is 1.79. The lowest BCUT2D eigenvalue weighted by Crippen LogP contribution is -2.35. The van der Waals surface area contributed by atoms with Gasteiger partial charge in [0.05, 0.1) is 5.56 Å². The molecule has 0 atom stereocenters. The zero-order valence-electron chi connectivity index (χ0n) is 19.7. The first-order valence-electron chi connectivity index (χ1n) is 11.5. The van der Waals surface area contributed by atoms with Gasteiger partial charge in [0, 0.05) is 29.5 Å². The third kappa shape index (κ3) is 3.10. The van der Waals surface area contributed by atoms with Crippen molar-refractivity contribution in [2.24, 2.45) is 0 Å². The summed E-state index contributed by atoms with van der Waals surface area (Å²) in [6.45, 7) is 8.77. The van der Waals surface area contributed by atoms with E-state index in [1.54, 1.807) is 6.20 Å². The van der Waals surface area contributed by atoms with Gasteiger partial charge < -0.3 is 4.42 Å². The Bertz CT molecular complexity index is 1670. The topological polar surface area (TPSA) is 29.9 Å². The molecule has 3 aromatic carbocycles. The zero-order valence-corrected chi connectivity index (χ0v) is 20.5. The maximum atomic E-state index is 6.41. The summed E-state index contributed by atoms with van der Waals surface area (Å²) >= 11 is 1.85. The first kappa shape index (κ1) is 20.8. The van der Waals surface area contributed by atoms with Gasteiger partial charge in [0.2, 0.25) is 17.0 Å². The number of thiazole rings is 1. The number of pyridine rings is 1. The molecular formula is C30H25N2OS+. The summed E-state index contributed by atoms with van der Waals surface area (Å²) in [5.74, 6) is 0. The molecule has 6 aromatic rings. The van der Waals surface area contributed by atoms with Gasteiger partial charge in [0.15, 0.2) is 0 Å². The van der Waals surface area contributed by atoms with Gasteiger partial charge in [-0.1, -0.05) is 65.9 Å². The Morgan fingerprint density at radius 2 is 1.50 bits per heavy atom. The lowest BCUT2D eigenvalue weighted by atomic mass is 10.0. The first-order chi connectivity index (χ1) is 16.5. The predicted molar refractivity (Wildman–Crippen MR) is 141 cm³/mol. The summed E-state index contributed by atoms with van der Waals surface area (Å²) in [6, 6.07) is 25.6. The van der Waals surface area contributed by atoms with E-state index < -0.39 is 0 Å². The van der Waals surface area contributed by atoms with Gasteiger partial charge in [-0.25, -0.2) is 4.98 Å². The van der Waals surface area contributed by atoms with Crippen LogP contribution in [0, 0.1) is 27.7 Å². The van der Waals surface area contributed by atoms with Gasteiger partial charge in [-0.05, 0) is 55.7 Å². The average Bonchev–Trinajstić information content (AvgIpc) is 3.38. The Hall–Kier alpha value is -3.76. The third-order valence-electron chi connectivity index (χ3n) is 6.61. The minimum Gasteiger partial charge on any atom is -0.431 e. The van der Waals surface area contributed by atoms with Crippen LogP contribution in [-0.2, 0) is 0 Å². The van der Waals surface area contributed by atoms with Gasteiger partial charge in [0.1, 0.15) is 4.88 Å². The quantitative estimate of drug-likeness (QED) is 0.251. The standard InChI is InChI=1S/C30H25N2OS/c1-18-10-8-11-19(2)25(18)30-32(21(4)28(34-30)22-12-6-5-7-13-22)26-20(3)15-16-23-24-14-9-17-31-29(24)33-27(23)26/h5-17H,1-4H3/q+1. The second-order valence-electron chi connectivity index (χ2n) is 8.86. The Morgan fingerprint density at radius 3 is 2.26 bits per heavy atom. The fourth-order valence-electron chi connectivity index (χ4n) is 4.95. The normalized spacial score (nSPS) is 11.5. The molecule has 0 radical (unpaired) electrons. The van der Waals surface area contributed by atoms with E-state index in [4.69, 9.17) is 4.42 Å². The maximum Gasteiger partial charge on any atom is 0.276 e. The number of aryl methyl sites for hydroxylation is 3. The molecule has 0 saturated carbocycles. The fraction of sp³-hybridized carbons (Fsp3) is 0.133. The molecule has 0 spiro atoms. The highest BCUT2D eigenvalue weighted by molar-refractivity contribution is 7.18. The second kappa shape index (κ2) is 7.93. The van der Waals surface area contributed by atoms with Crippen molar-refractivity contribution >= 4 is 33.4 Å². The minimum atomic E-state index is 0.676. The molecular weight excluding hydrogens is 436 g/mol. The molecule has 3 nitrogen and oxygen atoms in total. The molecule has 0 bridgehead atoms. The molecule has 3 aromatic heterocycles. The smallest absolute Gasteiger partial charge is 0.276 e. The van der Waals surface area contributed by atoms with Crippen molar-refractivity contribution in [1.82, 2.24) is 4.98 Å². The summed E-state index contributed by atoms with van der Waals surface area (Å²) in [7, 11) is 0. The van der Waals surface area contributed by atoms with E-state index in [1.807, 2.05) is 17.4 Å². The van der Waals surface area contributed by atoms with E-state index in [-0.39, 0.29) is 0 Å². The number of hydrogen-bond donors (Lipinski definition) is 0. The number of benzene rings is 3. The van der Waals surface area contributed by atoms with Gasteiger partial charge in [-0.3, -0.25) is 0 Å². The Labute approximate surface area is 203 Å². The van der Waals surface area contributed by atoms with Crippen molar-refractivity contribution in [2.45, 2.75) is 27.7 Å². The molecule has 4 heteroatoms. The van der Waals surface area contributed by atoms with Gasteiger partial charge in [0.25, 0.3) is 10.7 Å². The molecule has 0 aliphatic rings. The average molecular weight is 462 g/mol. The number of nitrogens with zero attached hydrogens (tertiary/aromatic N) is 2. The minimum absolute atomic E-state index is 0.676. The molecule has 0 fully saturated rings. The van der Waals surface area contributed by atoms with Gasteiger partial charge in [-0.2, -0.15) is 0 Å². The van der Waals surface area contributed by atoms with E-state index in [1.165, 1.54) is 43.4 Å². The monoisotopic (exact) mass is 461 g/mol. The largest absolute Gasteiger partial charge is 0.431 e. The molecule has 0 amide bonds. The van der Waals surface area contributed by atoms with Crippen molar-refractivity contribution < 1.29 is 8.98 Å². The molecule has 0 unspecified atom stereocenters. The highest BCUT2D eigenvalue weighted by atomic mass is 32.1. The van der Waals surface area contributed by atoms with Crippen molar-refractivity contribution in [3.05, 3.63) is 101 Å². The summed E-state index contributed by atoms with van der Waals surface area (Å²) in [5, 5.41) is 3.36. The number of hydrogen-bond acceptors (Lipinski definition) is 3. The molecule has 0 aliphatic heterocycles. The van der Waals surface area contributed by atoms with Crippen LogP contribution in [0.15, 0.2) is 83.4 Å². The zero-order chi connectivity index (χ0) is 23.4. The van der Waals surface area contributed by atoms with Crippen LogP contribution in [0.5, 0.6) is 0 Å². The summed E-state index contributed by atoms with van der Waals surface area (Å²) in [4.78, 5) is 5.76. The van der Waals surface area contributed by atoms with Crippen molar-refractivity contribution in [3.63, 3.8) is 0 Å². The van der Waals surface area contributed by atoms with Crippen molar-refractivity contribution in [1.29, 1.82) is 0 Å². The first-order valence-corrected chi connectivity index (χ1v) is 12.3. The predicted octanol–water partition coefficient (Wildman–Crippen LogP) is 7.89. The van der Waals surface area contributed by atoms with Gasteiger partial charge >= 0.3 is 0 Å². The Morgan fingerprint density at radius 1 is 0.735 bits per heavy atom. The molecule has 34 heavy (non-hydrogen) atoms. The Kier molecular flexibility index (Phi) is 4.85. The molecule has 0 aliphatic carbocycles. The van der Waals surface area contributed by atoms with Crippen LogP contribution in [0.3, 0.4) is 0 Å². The van der Waals surface area contributed by atoms with Gasteiger partial charge in [-0.15, -0.1) is 4.57 Å². The van der Waals surface area contributed by atoms with Crippen LogP contribution in [0.1, 0.15) is 22.4 Å². The van der Waals surface area contributed by atoms with E-state index in [0.717, 1.165) is 22.0 Å². The number of aromatic nitrogens is 2. The lowest BCUT2D eigenvalue weighted by Gasteiger charge is -2.08. The SMILES string of the molecule is Cc1cccc(C)c1-c1sc(-c2ccccc2)c(C)[n+]1-c1c(C)ccc2c1oc1ncccc12. The van der Waals surface area contributed by atoms with Crippen molar-refractivity contribution in [2.75, 3.05) is 0 Å². The summed E-state index contributed by atoms with van der Waals surface area (Å²) in [5.41, 5.74) is 10.1. The maximum absolute atomic E-state index is 6.41. The van der Waals surface area contributed by atoms with Crippen LogP contribution in [0.2, 0.25) is 0 Å². The molecule has 0 saturated heterocycles. The molecule has 166 valence electrons.